The third kappa shape index (κ3) is 4.60. The Bertz CT molecular complexity index is 686. The second-order valence-electron chi connectivity index (χ2n) is 8.31. The summed E-state index contributed by atoms with van der Waals surface area (Å²) in [6.07, 6.45) is 14.5. The predicted octanol–water partition coefficient (Wildman–Crippen LogP) is 5.95. The van der Waals surface area contributed by atoms with Gasteiger partial charge in [-0.05, 0) is 0 Å². The summed E-state index contributed by atoms with van der Waals surface area (Å²) in [6.45, 7) is 8.29. The number of fused-ring (bicyclic) bond motifs is 1. The third-order valence-electron chi connectivity index (χ3n) is 6.31. The van der Waals surface area contributed by atoms with Gasteiger partial charge in [-0.25, -0.2) is 0 Å². The van der Waals surface area contributed by atoms with Crippen molar-refractivity contribution in [2.75, 3.05) is 0 Å². The topological polar surface area (TPSA) is 30.7 Å². The third-order valence-corrected chi connectivity index (χ3v) is 21.8. The molecule has 4 heteroatoms. The molecule has 3 heterocycles. The van der Waals surface area contributed by atoms with Crippen molar-refractivity contribution >= 4 is 22.1 Å². The first kappa shape index (κ1) is 20.9. The molecule has 0 N–H and O–H groups in total. The number of unbranched alkanes of at least 4 members (excludes halogenated alkanes) is 3. The molecule has 0 aromatic carbocycles. The summed E-state index contributed by atoms with van der Waals surface area (Å²) in [7, 11) is 0. The van der Waals surface area contributed by atoms with Crippen molar-refractivity contribution in [3.05, 3.63) is 30.4 Å². The molecule has 0 saturated carbocycles. The van der Waals surface area contributed by atoms with Gasteiger partial charge in [-0.1, -0.05) is 0 Å². The first-order valence-electron chi connectivity index (χ1n) is 11.3. The quantitative estimate of drug-likeness (QED) is 0.377. The van der Waals surface area contributed by atoms with E-state index in [0.29, 0.717) is 0 Å². The standard InChI is InChI=1S/C11H10N3.3C4H9.Sn/c1-2-11-13-10(8-14(11)7-1)9-3-5-12-6-4-9;3*1-3-4-2;/h3-6H,1-2,7H2;3*1,3-4H2,2H3;. The average molecular weight is 474 g/mol. The van der Waals surface area contributed by atoms with Gasteiger partial charge >= 0.3 is 170 Å². The molecule has 1 aliphatic rings. The minimum absolute atomic E-state index is 1.16. The number of rotatable bonds is 11. The molecule has 148 valence electrons. The van der Waals surface area contributed by atoms with Crippen LogP contribution in [-0.2, 0) is 13.0 Å². The Kier molecular flexibility index (Phi) is 7.80. The van der Waals surface area contributed by atoms with E-state index in [0.717, 1.165) is 6.42 Å². The van der Waals surface area contributed by atoms with Crippen LogP contribution < -0.4 is 3.71 Å². The molecule has 2 aromatic rings. The van der Waals surface area contributed by atoms with Gasteiger partial charge in [0.1, 0.15) is 0 Å². The minimum atomic E-state index is -2.54. The van der Waals surface area contributed by atoms with Crippen molar-refractivity contribution in [1.82, 2.24) is 14.5 Å². The fraction of sp³-hybridized carbons (Fsp3) is 0.652. The van der Waals surface area contributed by atoms with E-state index in [1.807, 2.05) is 12.4 Å². The maximum absolute atomic E-state index is 5.24. The van der Waals surface area contributed by atoms with Crippen molar-refractivity contribution in [3.8, 4) is 11.3 Å². The number of imidazole rings is 1. The summed E-state index contributed by atoms with van der Waals surface area (Å²) in [4.78, 5) is 9.50. The maximum atomic E-state index is 5.24. The fourth-order valence-electron chi connectivity index (χ4n) is 4.85. The monoisotopic (exact) mass is 475 g/mol. The van der Waals surface area contributed by atoms with Crippen molar-refractivity contribution < 1.29 is 0 Å². The normalized spacial score (nSPS) is 13.9. The van der Waals surface area contributed by atoms with Crippen LogP contribution in [0.3, 0.4) is 0 Å². The number of hydrogen-bond donors (Lipinski definition) is 0. The summed E-state index contributed by atoms with van der Waals surface area (Å²) in [5.41, 5.74) is 2.64. The van der Waals surface area contributed by atoms with E-state index in [1.165, 1.54) is 81.9 Å². The molecule has 27 heavy (non-hydrogen) atoms. The van der Waals surface area contributed by atoms with E-state index >= 15 is 0 Å². The van der Waals surface area contributed by atoms with Crippen LogP contribution in [0.1, 0.15) is 71.5 Å². The van der Waals surface area contributed by atoms with E-state index in [4.69, 9.17) is 4.98 Å². The molecule has 0 amide bonds. The Morgan fingerprint density at radius 3 is 2.07 bits per heavy atom. The molecule has 0 spiro atoms. The zero-order valence-electron chi connectivity index (χ0n) is 17.6. The molecule has 0 bridgehead atoms. The molecule has 3 rings (SSSR count). The van der Waals surface area contributed by atoms with Crippen LogP contribution in [0.2, 0.25) is 13.3 Å². The van der Waals surface area contributed by atoms with E-state index in [-0.39, 0.29) is 0 Å². The Labute approximate surface area is 169 Å². The van der Waals surface area contributed by atoms with Crippen LogP contribution in [-0.4, -0.2) is 32.9 Å². The SMILES string of the molecule is CCC[CH2][Sn]([CH2]CCC)([CH2]CCC)[c]1c(-c2ccncc2)nc2n1CCC2. The van der Waals surface area contributed by atoms with Crippen LogP contribution >= 0.6 is 0 Å². The van der Waals surface area contributed by atoms with Crippen molar-refractivity contribution in [2.24, 2.45) is 0 Å². The Morgan fingerprint density at radius 1 is 0.926 bits per heavy atom. The molecule has 0 aliphatic carbocycles. The zero-order valence-corrected chi connectivity index (χ0v) is 20.5. The molecular weight excluding hydrogens is 437 g/mol. The molecule has 0 radical (unpaired) electrons. The zero-order chi connectivity index (χ0) is 19.1. The molecular formula is C23H37N3Sn. The number of aryl methyl sites for hydroxylation is 1. The van der Waals surface area contributed by atoms with Gasteiger partial charge in [0, 0.05) is 0 Å². The van der Waals surface area contributed by atoms with Crippen LogP contribution in [0.5, 0.6) is 0 Å². The van der Waals surface area contributed by atoms with Gasteiger partial charge in [0.2, 0.25) is 0 Å². The number of hydrogen-bond acceptors (Lipinski definition) is 2. The van der Waals surface area contributed by atoms with Crippen LogP contribution in [0.4, 0.5) is 0 Å². The number of nitrogens with zero attached hydrogens (tertiary/aromatic N) is 3. The first-order chi connectivity index (χ1) is 13.3. The van der Waals surface area contributed by atoms with Gasteiger partial charge in [0.15, 0.2) is 0 Å². The van der Waals surface area contributed by atoms with Gasteiger partial charge < -0.3 is 0 Å². The second kappa shape index (κ2) is 10.1. The van der Waals surface area contributed by atoms with E-state index in [2.05, 4.69) is 42.5 Å². The van der Waals surface area contributed by atoms with Crippen molar-refractivity contribution in [3.63, 3.8) is 0 Å². The molecule has 0 fully saturated rings. The Morgan fingerprint density at radius 2 is 1.52 bits per heavy atom. The fourth-order valence-corrected chi connectivity index (χ4v) is 22.2. The summed E-state index contributed by atoms with van der Waals surface area (Å²) in [5.74, 6) is 1.36. The van der Waals surface area contributed by atoms with Crippen molar-refractivity contribution in [1.29, 1.82) is 0 Å². The van der Waals surface area contributed by atoms with Gasteiger partial charge in [0.05, 0.1) is 0 Å². The number of aromatic nitrogens is 3. The number of pyridine rings is 1. The molecule has 1 aliphatic heterocycles. The van der Waals surface area contributed by atoms with Gasteiger partial charge in [-0.2, -0.15) is 0 Å². The average Bonchev–Trinajstić information content (AvgIpc) is 3.30. The summed E-state index contributed by atoms with van der Waals surface area (Å²) in [6, 6.07) is 4.36. The van der Waals surface area contributed by atoms with Crippen LogP contribution in [0.15, 0.2) is 24.5 Å². The molecule has 0 unspecified atom stereocenters. The van der Waals surface area contributed by atoms with E-state index < -0.39 is 18.4 Å². The molecule has 0 atom stereocenters. The van der Waals surface area contributed by atoms with E-state index in [1.54, 1.807) is 3.71 Å². The molecule has 0 saturated heterocycles. The summed E-state index contributed by atoms with van der Waals surface area (Å²) in [5, 5.41) is 0. The summed E-state index contributed by atoms with van der Waals surface area (Å²) < 4.78 is 8.99. The molecule has 2 aromatic heterocycles. The second-order valence-corrected chi connectivity index (χ2v) is 21.2. The Hall–Kier alpha value is -0.841. The van der Waals surface area contributed by atoms with Crippen molar-refractivity contribution in [2.45, 2.75) is 92.0 Å². The van der Waals surface area contributed by atoms with Crippen LogP contribution in [0, 0.1) is 0 Å². The van der Waals surface area contributed by atoms with Gasteiger partial charge in [0.25, 0.3) is 0 Å². The predicted molar refractivity (Wildman–Crippen MR) is 118 cm³/mol. The van der Waals surface area contributed by atoms with Crippen LogP contribution in [0.25, 0.3) is 11.3 Å². The van der Waals surface area contributed by atoms with E-state index in [9.17, 15) is 0 Å². The first-order valence-corrected chi connectivity index (χ1v) is 18.7. The Balaban J connectivity index is 2.14. The summed E-state index contributed by atoms with van der Waals surface area (Å²) >= 11 is -2.54. The molecule has 3 nitrogen and oxygen atoms in total. The van der Waals surface area contributed by atoms with Gasteiger partial charge in [-0.3, -0.25) is 0 Å². The van der Waals surface area contributed by atoms with Gasteiger partial charge in [-0.15, -0.1) is 0 Å².